The van der Waals surface area contributed by atoms with E-state index < -0.39 is 5.97 Å². The van der Waals surface area contributed by atoms with E-state index in [4.69, 9.17) is 10.8 Å². The second kappa shape index (κ2) is 9.27. The Morgan fingerprint density at radius 1 is 0.933 bits per heavy atom. The van der Waals surface area contributed by atoms with Crippen LogP contribution in [0, 0.1) is 6.92 Å². The van der Waals surface area contributed by atoms with Crippen LogP contribution in [0.5, 0.6) is 0 Å². The van der Waals surface area contributed by atoms with Gasteiger partial charge in [-0.05, 0) is 72.9 Å². The van der Waals surface area contributed by atoms with E-state index in [9.17, 15) is 9.59 Å². The normalized spacial score (nSPS) is 12.4. The summed E-state index contributed by atoms with van der Waals surface area (Å²) in [4.78, 5) is 24.4. The fraction of sp³-hybridized carbons (Fsp3) is 0.200. The number of nitrogens with zero attached hydrogens (tertiary/aromatic N) is 1. The fourth-order valence-corrected chi connectivity index (χ4v) is 3.48. The molecule has 5 nitrogen and oxygen atoms in total. The lowest BCUT2D eigenvalue weighted by atomic mass is 9.95. The quantitative estimate of drug-likeness (QED) is 0.596. The van der Waals surface area contributed by atoms with Gasteiger partial charge in [0, 0.05) is 24.8 Å². The molecule has 3 N–H and O–H groups in total. The van der Waals surface area contributed by atoms with Crippen LogP contribution in [0.4, 0.5) is 11.4 Å². The topological polar surface area (TPSA) is 83.6 Å². The highest BCUT2D eigenvalue weighted by Crippen LogP contribution is 2.31. The van der Waals surface area contributed by atoms with Gasteiger partial charge in [-0.3, -0.25) is 4.79 Å². The SMILES string of the molecule is CC(=O)N1CCCc2cc(-c3ccc(C(=O)O)cc3)ccc21.Cc1ccc(N)cc1. The number of aryl methyl sites for hydroxylation is 2. The summed E-state index contributed by atoms with van der Waals surface area (Å²) in [7, 11) is 0. The lowest BCUT2D eigenvalue weighted by Gasteiger charge is -2.29. The van der Waals surface area contributed by atoms with Crippen LogP contribution in [-0.4, -0.2) is 23.5 Å². The van der Waals surface area contributed by atoms with Gasteiger partial charge in [0.25, 0.3) is 0 Å². The maximum atomic E-state index is 11.7. The number of carbonyl (C=O) groups is 2. The van der Waals surface area contributed by atoms with E-state index in [1.165, 1.54) is 11.1 Å². The monoisotopic (exact) mass is 402 g/mol. The van der Waals surface area contributed by atoms with Crippen LogP contribution in [0.15, 0.2) is 66.7 Å². The summed E-state index contributed by atoms with van der Waals surface area (Å²) in [6, 6.07) is 20.7. The predicted molar refractivity (Wildman–Crippen MR) is 121 cm³/mol. The summed E-state index contributed by atoms with van der Waals surface area (Å²) < 4.78 is 0. The number of rotatable bonds is 2. The van der Waals surface area contributed by atoms with E-state index in [0.717, 1.165) is 41.9 Å². The van der Waals surface area contributed by atoms with Gasteiger partial charge in [-0.25, -0.2) is 4.79 Å². The molecule has 0 bridgehead atoms. The fourth-order valence-electron chi connectivity index (χ4n) is 3.48. The first kappa shape index (κ1) is 21.1. The number of fused-ring (bicyclic) bond motifs is 1. The molecule has 3 aromatic carbocycles. The van der Waals surface area contributed by atoms with E-state index in [1.54, 1.807) is 19.1 Å². The van der Waals surface area contributed by atoms with E-state index in [-0.39, 0.29) is 11.5 Å². The van der Waals surface area contributed by atoms with Crippen LogP contribution in [0.25, 0.3) is 11.1 Å². The average Bonchev–Trinajstić information content (AvgIpc) is 2.75. The summed E-state index contributed by atoms with van der Waals surface area (Å²) in [5, 5.41) is 8.95. The zero-order valence-electron chi connectivity index (χ0n) is 17.3. The number of amides is 1. The molecule has 0 aliphatic carbocycles. The molecule has 5 heteroatoms. The van der Waals surface area contributed by atoms with Crippen LogP contribution < -0.4 is 10.6 Å². The molecule has 0 saturated heterocycles. The molecule has 3 aromatic rings. The zero-order valence-corrected chi connectivity index (χ0v) is 17.3. The minimum absolute atomic E-state index is 0.0690. The van der Waals surface area contributed by atoms with Crippen molar-refractivity contribution in [1.29, 1.82) is 0 Å². The molecule has 1 amide bonds. The minimum atomic E-state index is -0.922. The molecular formula is C25H26N2O3. The maximum absolute atomic E-state index is 11.7. The molecular weight excluding hydrogens is 376 g/mol. The standard InChI is InChI=1S/C18H17NO3.C7H9N/c1-12(20)19-10-2-3-16-11-15(8-9-17(16)19)13-4-6-14(7-5-13)18(21)22;1-6-2-4-7(8)5-3-6/h4-9,11H,2-3,10H2,1H3,(H,21,22);2-5H,8H2,1H3. The molecule has 0 saturated carbocycles. The van der Waals surface area contributed by atoms with Crippen LogP contribution >= 0.6 is 0 Å². The Balaban J connectivity index is 0.000000269. The maximum Gasteiger partial charge on any atom is 0.335 e. The molecule has 30 heavy (non-hydrogen) atoms. The van der Waals surface area contributed by atoms with Gasteiger partial charge in [0.15, 0.2) is 0 Å². The van der Waals surface area contributed by atoms with Gasteiger partial charge in [-0.2, -0.15) is 0 Å². The Morgan fingerprint density at radius 3 is 2.13 bits per heavy atom. The lowest BCUT2D eigenvalue weighted by molar-refractivity contribution is -0.116. The van der Waals surface area contributed by atoms with Crippen molar-refractivity contribution in [3.05, 3.63) is 83.4 Å². The number of hydrogen-bond acceptors (Lipinski definition) is 3. The van der Waals surface area contributed by atoms with E-state index in [1.807, 2.05) is 60.4 Å². The number of hydrogen-bond donors (Lipinski definition) is 2. The number of aromatic carboxylic acids is 1. The molecule has 1 aliphatic heterocycles. The summed E-state index contributed by atoms with van der Waals surface area (Å²) in [5.41, 5.74) is 12.0. The van der Waals surface area contributed by atoms with Crippen molar-refractivity contribution in [3.8, 4) is 11.1 Å². The highest BCUT2D eigenvalue weighted by molar-refractivity contribution is 5.93. The smallest absolute Gasteiger partial charge is 0.335 e. The zero-order chi connectivity index (χ0) is 21.7. The Bertz CT molecular complexity index is 1020. The molecule has 0 aromatic heterocycles. The van der Waals surface area contributed by atoms with Gasteiger partial charge in [0.05, 0.1) is 5.56 Å². The summed E-state index contributed by atoms with van der Waals surface area (Å²) in [6.07, 6.45) is 1.92. The molecule has 1 aliphatic rings. The highest BCUT2D eigenvalue weighted by atomic mass is 16.4. The molecule has 0 unspecified atom stereocenters. The number of nitrogen functional groups attached to an aromatic ring is 1. The largest absolute Gasteiger partial charge is 0.478 e. The Kier molecular flexibility index (Phi) is 6.52. The number of nitrogens with two attached hydrogens (primary N) is 1. The number of benzene rings is 3. The van der Waals surface area contributed by atoms with Crippen molar-refractivity contribution in [2.45, 2.75) is 26.7 Å². The average molecular weight is 402 g/mol. The Morgan fingerprint density at radius 2 is 1.57 bits per heavy atom. The van der Waals surface area contributed by atoms with Gasteiger partial charge in [0.2, 0.25) is 5.91 Å². The first-order valence-electron chi connectivity index (χ1n) is 9.92. The number of anilines is 2. The Labute approximate surface area is 176 Å². The summed E-state index contributed by atoms with van der Waals surface area (Å²) in [5.74, 6) is -0.853. The molecule has 154 valence electrons. The van der Waals surface area contributed by atoms with Crippen LogP contribution in [-0.2, 0) is 11.2 Å². The van der Waals surface area contributed by atoms with E-state index >= 15 is 0 Å². The second-order valence-corrected chi connectivity index (χ2v) is 7.41. The third-order valence-electron chi connectivity index (χ3n) is 5.12. The van der Waals surface area contributed by atoms with Crippen molar-refractivity contribution < 1.29 is 14.7 Å². The van der Waals surface area contributed by atoms with Gasteiger partial charge in [0.1, 0.15) is 0 Å². The van der Waals surface area contributed by atoms with E-state index in [2.05, 4.69) is 6.07 Å². The molecule has 4 rings (SSSR count). The highest BCUT2D eigenvalue weighted by Gasteiger charge is 2.20. The second-order valence-electron chi connectivity index (χ2n) is 7.41. The molecule has 0 radical (unpaired) electrons. The van der Waals surface area contributed by atoms with Crippen molar-refractivity contribution in [2.24, 2.45) is 0 Å². The van der Waals surface area contributed by atoms with Crippen molar-refractivity contribution >= 4 is 23.3 Å². The Hall–Kier alpha value is -3.60. The van der Waals surface area contributed by atoms with Crippen LogP contribution in [0.2, 0.25) is 0 Å². The molecule has 1 heterocycles. The molecule has 0 spiro atoms. The van der Waals surface area contributed by atoms with Gasteiger partial charge in [-0.1, -0.05) is 35.9 Å². The van der Waals surface area contributed by atoms with Crippen molar-refractivity contribution in [2.75, 3.05) is 17.2 Å². The minimum Gasteiger partial charge on any atom is -0.478 e. The van der Waals surface area contributed by atoms with Crippen LogP contribution in [0.1, 0.15) is 34.8 Å². The van der Waals surface area contributed by atoms with E-state index in [0.29, 0.717) is 0 Å². The summed E-state index contributed by atoms with van der Waals surface area (Å²) in [6.45, 7) is 4.40. The third-order valence-corrected chi connectivity index (χ3v) is 5.12. The van der Waals surface area contributed by atoms with Gasteiger partial charge >= 0.3 is 5.97 Å². The molecule has 0 atom stereocenters. The lowest BCUT2D eigenvalue weighted by Crippen LogP contribution is -2.33. The number of carboxylic acid groups (broad SMARTS) is 1. The van der Waals surface area contributed by atoms with Gasteiger partial charge in [-0.15, -0.1) is 0 Å². The molecule has 0 fully saturated rings. The first-order chi connectivity index (χ1) is 14.3. The van der Waals surface area contributed by atoms with Crippen LogP contribution in [0.3, 0.4) is 0 Å². The van der Waals surface area contributed by atoms with Gasteiger partial charge < -0.3 is 15.7 Å². The third kappa shape index (κ3) is 5.06. The van der Waals surface area contributed by atoms with Crippen molar-refractivity contribution in [1.82, 2.24) is 0 Å². The number of carboxylic acids is 1. The summed E-state index contributed by atoms with van der Waals surface area (Å²) >= 11 is 0. The van der Waals surface area contributed by atoms with Crippen molar-refractivity contribution in [3.63, 3.8) is 0 Å². The first-order valence-corrected chi connectivity index (χ1v) is 9.92. The number of carbonyl (C=O) groups excluding carboxylic acids is 1. The predicted octanol–water partition coefficient (Wildman–Crippen LogP) is 4.93.